The highest BCUT2D eigenvalue weighted by atomic mass is 16.5. The maximum absolute atomic E-state index is 5.38. The van der Waals surface area contributed by atoms with Gasteiger partial charge >= 0.3 is 0 Å². The van der Waals surface area contributed by atoms with Gasteiger partial charge in [-0.3, -0.25) is 0 Å². The Balaban J connectivity index is 1.99. The lowest BCUT2D eigenvalue weighted by Gasteiger charge is -2.12. The van der Waals surface area contributed by atoms with Crippen LogP contribution in [-0.2, 0) is 0 Å². The fourth-order valence-corrected chi connectivity index (χ4v) is 2.62. The molecule has 3 aromatic rings. The third kappa shape index (κ3) is 2.88. The predicted octanol–water partition coefficient (Wildman–Crippen LogP) is 4.36. The topological polar surface area (TPSA) is 43.5 Å². The third-order valence-electron chi connectivity index (χ3n) is 3.76. The summed E-state index contributed by atoms with van der Waals surface area (Å²) in [5.41, 5.74) is 3.23. The van der Waals surface area contributed by atoms with E-state index >= 15 is 0 Å². The molecule has 0 radical (unpaired) electrons. The first kappa shape index (κ1) is 15.0. The fourth-order valence-electron chi connectivity index (χ4n) is 2.62. The van der Waals surface area contributed by atoms with E-state index in [4.69, 9.17) is 14.2 Å². The van der Waals surface area contributed by atoms with Gasteiger partial charge in [-0.15, -0.1) is 0 Å². The zero-order valence-electron chi connectivity index (χ0n) is 13.4. The van der Waals surface area contributed by atoms with Crippen molar-refractivity contribution in [2.24, 2.45) is 0 Å². The maximum Gasteiger partial charge on any atom is 0.203 e. The minimum absolute atomic E-state index is 0.597. The first-order valence-corrected chi connectivity index (χ1v) is 7.31. The Morgan fingerprint density at radius 3 is 2.22 bits per heavy atom. The van der Waals surface area contributed by atoms with Crippen LogP contribution >= 0.6 is 0 Å². The monoisotopic (exact) mass is 309 g/mol. The van der Waals surface area contributed by atoms with Gasteiger partial charge < -0.3 is 19.2 Å². The van der Waals surface area contributed by atoms with Crippen molar-refractivity contribution >= 4 is 23.1 Å². The van der Waals surface area contributed by atoms with Gasteiger partial charge in [-0.05, 0) is 29.3 Å². The molecule has 1 heterocycles. The average molecular weight is 309 g/mol. The molecule has 4 nitrogen and oxygen atoms in total. The number of hydrogen-bond donors (Lipinski definition) is 1. The molecular weight excluding hydrogens is 290 g/mol. The summed E-state index contributed by atoms with van der Waals surface area (Å²) < 4.78 is 16.1. The van der Waals surface area contributed by atoms with Crippen LogP contribution in [0.1, 0.15) is 11.1 Å². The molecule has 1 N–H and O–H groups in total. The molecule has 0 atom stereocenters. The normalized spacial score (nSPS) is 11.1. The van der Waals surface area contributed by atoms with Gasteiger partial charge in [0.15, 0.2) is 11.5 Å². The summed E-state index contributed by atoms with van der Waals surface area (Å²) in [7, 11) is 4.83. The lowest BCUT2D eigenvalue weighted by molar-refractivity contribution is 0.324. The SMILES string of the molecule is COc1cc(/C=C\c2c[nH]c3ccccc23)cc(OC)c1OC. The molecule has 4 heteroatoms. The number of para-hydroxylation sites is 1. The van der Waals surface area contributed by atoms with Crippen LogP contribution in [0.2, 0.25) is 0 Å². The molecule has 23 heavy (non-hydrogen) atoms. The summed E-state index contributed by atoms with van der Waals surface area (Å²) in [6.07, 6.45) is 6.10. The van der Waals surface area contributed by atoms with Crippen molar-refractivity contribution in [1.29, 1.82) is 0 Å². The first-order valence-electron chi connectivity index (χ1n) is 7.31. The van der Waals surface area contributed by atoms with Gasteiger partial charge in [0.1, 0.15) is 0 Å². The maximum atomic E-state index is 5.38. The highest BCUT2D eigenvalue weighted by molar-refractivity contribution is 5.91. The Bertz CT molecular complexity index is 824. The quantitative estimate of drug-likeness (QED) is 0.761. The van der Waals surface area contributed by atoms with Crippen LogP contribution in [0.15, 0.2) is 42.6 Å². The van der Waals surface area contributed by atoms with Crippen LogP contribution < -0.4 is 14.2 Å². The van der Waals surface area contributed by atoms with Crippen molar-refractivity contribution in [3.63, 3.8) is 0 Å². The summed E-state index contributed by atoms with van der Waals surface area (Å²) in [4.78, 5) is 3.27. The van der Waals surface area contributed by atoms with Crippen LogP contribution in [0.5, 0.6) is 17.2 Å². The zero-order chi connectivity index (χ0) is 16.2. The molecule has 0 aliphatic heterocycles. The number of methoxy groups -OCH3 is 3. The number of rotatable bonds is 5. The minimum Gasteiger partial charge on any atom is -0.493 e. The molecule has 1 aromatic heterocycles. The number of nitrogens with one attached hydrogen (secondary N) is 1. The Morgan fingerprint density at radius 2 is 1.57 bits per heavy atom. The van der Waals surface area contributed by atoms with Crippen molar-refractivity contribution in [1.82, 2.24) is 4.98 Å². The van der Waals surface area contributed by atoms with Crippen molar-refractivity contribution in [2.75, 3.05) is 21.3 Å². The highest BCUT2D eigenvalue weighted by Gasteiger charge is 2.12. The van der Waals surface area contributed by atoms with Gasteiger partial charge in [0, 0.05) is 17.1 Å². The summed E-state index contributed by atoms with van der Waals surface area (Å²) in [5, 5.41) is 1.19. The van der Waals surface area contributed by atoms with E-state index in [2.05, 4.69) is 23.2 Å². The van der Waals surface area contributed by atoms with E-state index in [0.29, 0.717) is 17.2 Å². The third-order valence-corrected chi connectivity index (χ3v) is 3.76. The molecule has 0 aliphatic carbocycles. The minimum atomic E-state index is 0.597. The van der Waals surface area contributed by atoms with Gasteiger partial charge in [0.25, 0.3) is 0 Å². The molecule has 0 amide bonds. The summed E-state index contributed by atoms with van der Waals surface area (Å²) in [5.74, 6) is 1.88. The molecule has 118 valence electrons. The van der Waals surface area contributed by atoms with Crippen molar-refractivity contribution < 1.29 is 14.2 Å². The van der Waals surface area contributed by atoms with E-state index in [1.54, 1.807) is 21.3 Å². The molecule has 3 rings (SSSR count). The van der Waals surface area contributed by atoms with E-state index in [0.717, 1.165) is 16.6 Å². The Morgan fingerprint density at radius 1 is 0.870 bits per heavy atom. The number of hydrogen-bond acceptors (Lipinski definition) is 3. The molecule has 0 fully saturated rings. The van der Waals surface area contributed by atoms with Gasteiger partial charge in [-0.2, -0.15) is 0 Å². The van der Waals surface area contributed by atoms with Crippen LogP contribution in [0.3, 0.4) is 0 Å². The van der Waals surface area contributed by atoms with Crippen molar-refractivity contribution in [3.8, 4) is 17.2 Å². The molecule has 0 bridgehead atoms. The van der Waals surface area contributed by atoms with E-state index < -0.39 is 0 Å². The Hall–Kier alpha value is -2.88. The van der Waals surface area contributed by atoms with Crippen LogP contribution in [0.4, 0.5) is 0 Å². The van der Waals surface area contributed by atoms with Gasteiger partial charge in [-0.25, -0.2) is 0 Å². The van der Waals surface area contributed by atoms with Gasteiger partial charge in [-0.1, -0.05) is 30.4 Å². The van der Waals surface area contributed by atoms with Gasteiger partial charge in [0.2, 0.25) is 5.75 Å². The van der Waals surface area contributed by atoms with E-state index in [1.165, 1.54) is 5.39 Å². The molecule has 0 aliphatic rings. The van der Waals surface area contributed by atoms with E-state index in [1.807, 2.05) is 36.5 Å². The number of ether oxygens (including phenoxy) is 3. The molecule has 0 unspecified atom stereocenters. The molecule has 2 aromatic carbocycles. The fraction of sp³-hybridized carbons (Fsp3) is 0.158. The number of H-pyrrole nitrogens is 1. The smallest absolute Gasteiger partial charge is 0.203 e. The average Bonchev–Trinajstić information content (AvgIpc) is 3.02. The van der Waals surface area contributed by atoms with Crippen molar-refractivity contribution in [3.05, 3.63) is 53.7 Å². The van der Waals surface area contributed by atoms with Gasteiger partial charge in [0.05, 0.1) is 21.3 Å². The van der Waals surface area contributed by atoms with Crippen molar-refractivity contribution in [2.45, 2.75) is 0 Å². The molecule has 0 spiro atoms. The van der Waals surface area contributed by atoms with Crippen LogP contribution in [-0.4, -0.2) is 26.3 Å². The van der Waals surface area contributed by atoms with Crippen LogP contribution in [0, 0.1) is 0 Å². The summed E-state index contributed by atoms with van der Waals surface area (Å²) in [6.45, 7) is 0. The Labute approximate surface area is 135 Å². The highest BCUT2D eigenvalue weighted by Crippen LogP contribution is 2.38. The molecule has 0 saturated heterocycles. The number of aromatic amines is 1. The Kier molecular flexibility index (Phi) is 4.24. The largest absolute Gasteiger partial charge is 0.493 e. The standard InChI is InChI=1S/C19H19NO3/c1-21-17-10-13(11-18(22-2)19(17)23-3)8-9-14-12-20-16-7-5-4-6-15(14)16/h4-12,20H,1-3H3/b9-8-. The number of aromatic nitrogens is 1. The summed E-state index contributed by atoms with van der Waals surface area (Å²) >= 11 is 0. The zero-order valence-corrected chi connectivity index (χ0v) is 13.4. The van der Waals surface area contributed by atoms with E-state index in [9.17, 15) is 0 Å². The second-order valence-corrected chi connectivity index (χ2v) is 5.08. The molecular formula is C19H19NO3. The predicted molar refractivity (Wildman–Crippen MR) is 93.3 cm³/mol. The second kappa shape index (κ2) is 6.48. The summed E-state index contributed by atoms with van der Waals surface area (Å²) in [6, 6.07) is 12.1. The van der Waals surface area contributed by atoms with Crippen LogP contribution in [0.25, 0.3) is 23.1 Å². The molecule has 0 saturated carbocycles. The van der Waals surface area contributed by atoms with E-state index in [-0.39, 0.29) is 0 Å². The lowest BCUT2D eigenvalue weighted by atomic mass is 10.1. The lowest BCUT2D eigenvalue weighted by Crippen LogP contribution is -1.95. The second-order valence-electron chi connectivity index (χ2n) is 5.08. The first-order chi connectivity index (χ1) is 11.3. The number of fused-ring (bicyclic) bond motifs is 1. The number of benzene rings is 2.